The van der Waals surface area contributed by atoms with Crippen molar-refractivity contribution in [2.75, 3.05) is 44.3 Å². The van der Waals surface area contributed by atoms with Gasteiger partial charge in [0.15, 0.2) is 0 Å². The molecule has 3 heterocycles. The molecule has 0 bridgehead atoms. The second kappa shape index (κ2) is 9.01. The highest BCUT2D eigenvalue weighted by atomic mass is 16.5. The Hall–Kier alpha value is -2.67. The third-order valence-electron chi connectivity index (χ3n) is 5.28. The first kappa shape index (κ1) is 18.7. The summed E-state index contributed by atoms with van der Waals surface area (Å²) in [7, 11) is 0. The first-order chi connectivity index (χ1) is 13.8. The van der Waals surface area contributed by atoms with Crippen LogP contribution in [-0.4, -0.2) is 60.3 Å². The lowest BCUT2D eigenvalue weighted by Gasteiger charge is -2.30. The smallest absolute Gasteiger partial charge is 0.317 e. The number of aromatic nitrogens is 2. The number of nitrogens with zero attached hydrogens (tertiary/aromatic N) is 4. The van der Waals surface area contributed by atoms with Crippen molar-refractivity contribution in [1.29, 1.82) is 0 Å². The Morgan fingerprint density at radius 1 is 1.14 bits per heavy atom. The molecule has 2 aromatic rings. The SMILES string of the molecule is O=C(NCCCc1ccccc1)N1CCc2cnc(N3CCOCC3)nc2C1. The van der Waals surface area contributed by atoms with E-state index in [1.54, 1.807) is 0 Å². The van der Waals surface area contributed by atoms with E-state index in [4.69, 9.17) is 9.72 Å². The normalized spacial score (nSPS) is 16.6. The van der Waals surface area contributed by atoms with Crippen LogP contribution >= 0.6 is 0 Å². The monoisotopic (exact) mass is 381 g/mol. The average molecular weight is 381 g/mol. The van der Waals surface area contributed by atoms with Crippen molar-refractivity contribution in [3.05, 3.63) is 53.3 Å². The van der Waals surface area contributed by atoms with Crippen LogP contribution < -0.4 is 10.2 Å². The second-order valence-corrected chi connectivity index (χ2v) is 7.23. The van der Waals surface area contributed by atoms with Gasteiger partial charge in [-0.3, -0.25) is 0 Å². The molecule has 2 aliphatic rings. The third kappa shape index (κ3) is 4.59. The van der Waals surface area contributed by atoms with Gasteiger partial charge in [0.25, 0.3) is 0 Å². The quantitative estimate of drug-likeness (QED) is 0.803. The lowest BCUT2D eigenvalue weighted by Crippen LogP contribution is -2.44. The van der Waals surface area contributed by atoms with Gasteiger partial charge >= 0.3 is 6.03 Å². The van der Waals surface area contributed by atoms with Crippen molar-refractivity contribution >= 4 is 12.0 Å². The molecule has 1 N–H and O–H groups in total. The molecule has 1 aromatic heterocycles. The van der Waals surface area contributed by atoms with E-state index < -0.39 is 0 Å². The van der Waals surface area contributed by atoms with Crippen molar-refractivity contribution in [3.63, 3.8) is 0 Å². The van der Waals surface area contributed by atoms with Crippen molar-refractivity contribution in [3.8, 4) is 0 Å². The summed E-state index contributed by atoms with van der Waals surface area (Å²) >= 11 is 0. The molecule has 4 rings (SSSR count). The molecule has 0 aliphatic carbocycles. The number of hydrogen-bond acceptors (Lipinski definition) is 5. The molecule has 0 atom stereocenters. The van der Waals surface area contributed by atoms with Crippen LogP contribution in [0.1, 0.15) is 23.2 Å². The number of fused-ring (bicyclic) bond motifs is 1. The van der Waals surface area contributed by atoms with E-state index in [0.29, 0.717) is 32.8 Å². The minimum Gasteiger partial charge on any atom is -0.378 e. The molecule has 2 aliphatic heterocycles. The van der Waals surface area contributed by atoms with E-state index in [0.717, 1.165) is 49.6 Å². The van der Waals surface area contributed by atoms with Crippen molar-refractivity contribution in [1.82, 2.24) is 20.2 Å². The number of urea groups is 1. The Morgan fingerprint density at radius 3 is 2.79 bits per heavy atom. The molecule has 28 heavy (non-hydrogen) atoms. The summed E-state index contributed by atoms with van der Waals surface area (Å²) in [4.78, 5) is 25.8. The summed E-state index contributed by atoms with van der Waals surface area (Å²) in [5.41, 5.74) is 3.41. The number of benzene rings is 1. The maximum atomic E-state index is 12.6. The topological polar surface area (TPSA) is 70.6 Å². The number of morpholine rings is 1. The van der Waals surface area contributed by atoms with E-state index in [9.17, 15) is 4.79 Å². The number of carbonyl (C=O) groups is 1. The minimum atomic E-state index is -0.00903. The van der Waals surface area contributed by atoms with E-state index in [1.165, 1.54) is 5.56 Å². The van der Waals surface area contributed by atoms with Gasteiger partial charge in [0, 0.05) is 32.4 Å². The highest BCUT2D eigenvalue weighted by Crippen LogP contribution is 2.19. The van der Waals surface area contributed by atoms with Gasteiger partial charge in [0.05, 0.1) is 25.5 Å². The van der Waals surface area contributed by atoms with E-state index in [-0.39, 0.29) is 6.03 Å². The van der Waals surface area contributed by atoms with Crippen LogP contribution in [0.5, 0.6) is 0 Å². The van der Waals surface area contributed by atoms with Gasteiger partial charge in [0.2, 0.25) is 5.95 Å². The zero-order valence-electron chi connectivity index (χ0n) is 16.1. The molecule has 1 aromatic carbocycles. The van der Waals surface area contributed by atoms with Crippen LogP contribution in [-0.2, 0) is 24.1 Å². The van der Waals surface area contributed by atoms with Gasteiger partial charge in [-0.25, -0.2) is 14.8 Å². The fourth-order valence-electron chi connectivity index (χ4n) is 3.63. The maximum absolute atomic E-state index is 12.6. The maximum Gasteiger partial charge on any atom is 0.317 e. The Kier molecular flexibility index (Phi) is 6.01. The number of ether oxygens (including phenoxy) is 1. The molecule has 0 radical (unpaired) electrons. The fraction of sp³-hybridized carbons (Fsp3) is 0.476. The van der Waals surface area contributed by atoms with Gasteiger partial charge < -0.3 is 19.9 Å². The number of rotatable bonds is 5. The summed E-state index contributed by atoms with van der Waals surface area (Å²) in [6, 6.07) is 10.3. The predicted octanol–water partition coefficient (Wildman–Crippen LogP) is 2.01. The van der Waals surface area contributed by atoms with Gasteiger partial charge in [0.1, 0.15) is 0 Å². The Labute approximate surface area is 165 Å². The van der Waals surface area contributed by atoms with Gasteiger partial charge in [-0.05, 0) is 30.4 Å². The van der Waals surface area contributed by atoms with E-state index >= 15 is 0 Å². The van der Waals surface area contributed by atoms with Gasteiger partial charge in [-0.15, -0.1) is 0 Å². The standard InChI is InChI=1S/C21H27N5O2/c27-21(22-9-4-7-17-5-2-1-3-6-17)26-10-8-18-15-23-20(24-19(18)16-26)25-11-13-28-14-12-25/h1-3,5-6,15H,4,7-14,16H2,(H,22,27). The Morgan fingerprint density at radius 2 is 1.96 bits per heavy atom. The Bertz CT molecular complexity index is 793. The Balaban J connectivity index is 1.29. The highest BCUT2D eigenvalue weighted by molar-refractivity contribution is 5.74. The van der Waals surface area contributed by atoms with E-state index in [2.05, 4.69) is 27.3 Å². The zero-order chi connectivity index (χ0) is 19.2. The van der Waals surface area contributed by atoms with Crippen molar-refractivity contribution in [2.24, 2.45) is 0 Å². The largest absolute Gasteiger partial charge is 0.378 e. The molecular weight excluding hydrogens is 354 g/mol. The number of aryl methyl sites for hydroxylation is 1. The first-order valence-corrected chi connectivity index (χ1v) is 10.0. The van der Waals surface area contributed by atoms with Gasteiger partial charge in [-0.2, -0.15) is 0 Å². The molecule has 1 saturated heterocycles. The van der Waals surface area contributed by atoms with Crippen LogP contribution in [0.2, 0.25) is 0 Å². The molecule has 0 saturated carbocycles. The van der Waals surface area contributed by atoms with Crippen LogP contribution in [0.4, 0.5) is 10.7 Å². The molecular formula is C21H27N5O2. The van der Waals surface area contributed by atoms with Crippen molar-refractivity contribution in [2.45, 2.75) is 25.8 Å². The lowest BCUT2D eigenvalue weighted by atomic mass is 10.1. The number of nitrogens with one attached hydrogen (secondary N) is 1. The van der Waals surface area contributed by atoms with Crippen LogP contribution in [0.3, 0.4) is 0 Å². The molecule has 7 nitrogen and oxygen atoms in total. The number of amides is 2. The predicted molar refractivity (Wildman–Crippen MR) is 107 cm³/mol. The van der Waals surface area contributed by atoms with E-state index in [1.807, 2.05) is 29.3 Å². The lowest BCUT2D eigenvalue weighted by molar-refractivity contribution is 0.122. The first-order valence-electron chi connectivity index (χ1n) is 10.0. The highest BCUT2D eigenvalue weighted by Gasteiger charge is 2.23. The second-order valence-electron chi connectivity index (χ2n) is 7.23. The van der Waals surface area contributed by atoms with Crippen LogP contribution in [0.25, 0.3) is 0 Å². The summed E-state index contributed by atoms with van der Waals surface area (Å²) < 4.78 is 5.40. The van der Waals surface area contributed by atoms with Crippen LogP contribution in [0.15, 0.2) is 36.5 Å². The van der Waals surface area contributed by atoms with Gasteiger partial charge in [-0.1, -0.05) is 30.3 Å². The molecule has 1 fully saturated rings. The molecule has 2 amide bonds. The minimum absolute atomic E-state index is 0.00903. The van der Waals surface area contributed by atoms with Crippen LogP contribution in [0, 0.1) is 0 Å². The molecule has 7 heteroatoms. The summed E-state index contributed by atoms with van der Waals surface area (Å²) in [6.07, 6.45) is 4.63. The molecule has 0 spiro atoms. The number of carbonyl (C=O) groups excluding carboxylic acids is 1. The molecule has 148 valence electrons. The zero-order valence-corrected chi connectivity index (χ0v) is 16.1. The van der Waals surface area contributed by atoms with Crippen molar-refractivity contribution < 1.29 is 9.53 Å². The summed E-state index contributed by atoms with van der Waals surface area (Å²) in [5, 5.41) is 3.05. The summed E-state index contributed by atoms with van der Waals surface area (Å²) in [5.74, 6) is 0.743. The number of hydrogen-bond donors (Lipinski definition) is 1. The average Bonchev–Trinajstić information content (AvgIpc) is 2.77. The number of anilines is 1. The summed E-state index contributed by atoms with van der Waals surface area (Å²) in [6.45, 7) is 4.96. The fourth-order valence-corrected chi connectivity index (χ4v) is 3.63. The third-order valence-corrected chi connectivity index (χ3v) is 5.28. The molecule has 0 unspecified atom stereocenters.